The largest absolute Gasteiger partial charge is 0.361 e. The lowest BCUT2D eigenvalue weighted by molar-refractivity contribution is 0.803. The van der Waals surface area contributed by atoms with Crippen molar-refractivity contribution in [1.29, 1.82) is 0 Å². The van der Waals surface area contributed by atoms with Crippen molar-refractivity contribution in [2.24, 2.45) is 4.99 Å². The second-order valence-electron chi connectivity index (χ2n) is 5.31. The molecule has 3 aromatic rings. The molecule has 0 aliphatic heterocycles. The highest BCUT2D eigenvalue weighted by Gasteiger charge is 2.03. The van der Waals surface area contributed by atoms with E-state index in [0.717, 1.165) is 32.0 Å². The van der Waals surface area contributed by atoms with E-state index in [0.29, 0.717) is 0 Å². The van der Waals surface area contributed by atoms with Crippen LogP contribution in [0.15, 0.2) is 53.0 Å². The monoisotopic (exact) mass is 326 g/mol. The van der Waals surface area contributed by atoms with Crippen LogP contribution in [-0.2, 0) is 13.0 Å². The van der Waals surface area contributed by atoms with E-state index in [1.165, 1.54) is 21.3 Å². The lowest BCUT2D eigenvalue weighted by Crippen LogP contribution is -2.38. The van der Waals surface area contributed by atoms with E-state index in [2.05, 4.69) is 75.5 Å². The predicted molar refractivity (Wildman–Crippen MR) is 99.1 cm³/mol. The number of nitrogens with one attached hydrogen (secondary N) is 3. The van der Waals surface area contributed by atoms with E-state index in [4.69, 9.17) is 0 Å². The number of fused-ring (bicyclic) bond motifs is 1. The van der Waals surface area contributed by atoms with E-state index in [1.54, 1.807) is 11.3 Å². The molecule has 1 aromatic carbocycles. The maximum absolute atomic E-state index is 4.63. The van der Waals surface area contributed by atoms with E-state index in [1.807, 2.05) is 0 Å². The molecule has 0 atom stereocenters. The molecule has 4 nitrogen and oxygen atoms in total. The third-order valence-corrected chi connectivity index (χ3v) is 4.54. The minimum Gasteiger partial charge on any atom is -0.361 e. The molecule has 2 aromatic heterocycles. The topological polar surface area (TPSA) is 52.2 Å². The molecule has 0 saturated carbocycles. The predicted octanol–water partition coefficient (Wildman–Crippen LogP) is 3.53. The van der Waals surface area contributed by atoms with Gasteiger partial charge < -0.3 is 15.6 Å². The minimum absolute atomic E-state index is 0.722. The van der Waals surface area contributed by atoms with Gasteiger partial charge in [0.2, 0.25) is 0 Å². The van der Waals surface area contributed by atoms with Gasteiger partial charge in [0, 0.05) is 35.1 Å². The molecule has 0 unspecified atom stereocenters. The van der Waals surface area contributed by atoms with E-state index in [9.17, 15) is 0 Å². The van der Waals surface area contributed by atoms with Gasteiger partial charge in [-0.3, -0.25) is 0 Å². The number of hydrogen-bond donors (Lipinski definition) is 3. The van der Waals surface area contributed by atoms with Crippen molar-refractivity contribution in [1.82, 2.24) is 15.6 Å². The lowest BCUT2D eigenvalue weighted by atomic mass is 10.1. The Balaban J connectivity index is 1.57. The fourth-order valence-electron chi connectivity index (χ4n) is 2.56. The molecular formula is C18H22N4S. The summed E-state index contributed by atoms with van der Waals surface area (Å²) in [4.78, 5) is 9.23. The number of aromatic amines is 1. The Morgan fingerprint density at radius 2 is 2.09 bits per heavy atom. The number of H-pyrrole nitrogens is 1. The first-order valence-electron chi connectivity index (χ1n) is 7.96. The summed E-state index contributed by atoms with van der Waals surface area (Å²) >= 11 is 1.74. The minimum atomic E-state index is 0.722. The van der Waals surface area contributed by atoms with Crippen molar-refractivity contribution in [2.45, 2.75) is 19.9 Å². The number of nitrogens with zero attached hydrogens (tertiary/aromatic N) is 1. The molecule has 2 heterocycles. The van der Waals surface area contributed by atoms with Crippen LogP contribution in [0.25, 0.3) is 10.9 Å². The lowest BCUT2D eigenvalue weighted by Gasteiger charge is -2.10. The Morgan fingerprint density at radius 3 is 2.91 bits per heavy atom. The molecule has 120 valence electrons. The Hall–Kier alpha value is -2.27. The fraction of sp³-hybridized carbons (Fsp3) is 0.278. The van der Waals surface area contributed by atoms with Gasteiger partial charge in [-0.1, -0.05) is 24.3 Å². The van der Waals surface area contributed by atoms with Crippen LogP contribution in [0.3, 0.4) is 0 Å². The SMILES string of the molecule is CCNC(=NCc1cccs1)NCCc1c[nH]c2ccccc12. The molecule has 0 saturated heterocycles. The second-order valence-corrected chi connectivity index (χ2v) is 6.34. The smallest absolute Gasteiger partial charge is 0.191 e. The summed E-state index contributed by atoms with van der Waals surface area (Å²) in [5.74, 6) is 0.876. The summed E-state index contributed by atoms with van der Waals surface area (Å²) in [5.41, 5.74) is 2.53. The molecule has 0 amide bonds. The molecule has 0 bridgehead atoms. The molecule has 0 aliphatic rings. The van der Waals surface area contributed by atoms with Gasteiger partial charge >= 0.3 is 0 Å². The average Bonchev–Trinajstić information content (AvgIpc) is 3.22. The van der Waals surface area contributed by atoms with Gasteiger partial charge in [0.05, 0.1) is 6.54 Å². The van der Waals surface area contributed by atoms with Crippen LogP contribution in [0.5, 0.6) is 0 Å². The van der Waals surface area contributed by atoms with E-state index < -0.39 is 0 Å². The van der Waals surface area contributed by atoms with Gasteiger partial charge in [-0.25, -0.2) is 4.99 Å². The van der Waals surface area contributed by atoms with Crippen molar-refractivity contribution >= 4 is 28.2 Å². The normalized spacial score (nSPS) is 11.8. The summed E-state index contributed by atoms with van der Waals surface area (Å²) in [5, 5.41) is 10.1. The number of aliphatic imine (C=N–C) groups is 1. The number of thiophene rings is 1. The van der Waals surface area contributed by atoms with Crippen LogP contribution in [0.4, 0.5) is 0 Å². The summed E-state index contributed by atoms with van der Waals surface area (Å²) in [6.07, 6.45) is 3.06. The van der Waals surface area contributed by atoms with E-state index >= 15 is 0 Å². The first-order valence-corrected chi connectivity index (χ1v) is 8.84. The van der Waals surface area contributed by atoms with Gasteiger partial charge in [0.15, 0.2) is 5.96 Å². The molecule has 0 aliphatic carbocycles. The van der Waals surface area contributed by atoms with Gasteiger partial charge in [-0.2, -0.15) is 0 Å². The van der Waals surface area contributed by atoms with Crippen LogP contribution < -0.4 is 10.6 Å². The zero-order valence-electron chi connectivity index (χ0n) is 13.3. The van der Waals surface area contributed by atoms with Crippen LogP contribution >= 0.6 is 11.3 Å². The third kappa shape index (κ3) is 4.13. The zero-order valence-corrected chi connectivity index (χ0v) is 14.1. The summed E-state index contributed by atoms with van der Waals surface area (Å²) in [6.45, 7) is 4.53. The Bertz CT molecular complexity index is 758. The van der Waals surface area contributed by atoms with Gasteiger partial charge in [-0.15, -0.1) is 11.3 Å². The number of para-hydroxylation sites is 1. The molecule has 23 heavy (non-hydrogen) atoms. The first kappa shape index (κ1) is 15.6. The van der Waals surface area contributed by atoms with E-state index in [-0.39, 0.29) is 0 Å². The summed E-state index contributed by atoms with van der Waals surface area (Å²) in [7, 11) is 0. The second kappa shape index (κ2) is 7.83. The number of rotatable bonds is 6. The van der Waals surface area contributed by atoms with Crippen molar-refractivity contribution in [3.05, 3.63) is 58.4 Å². The molecule has 3 N–H and O–H groups in total. The Kier molecular flexibility index (Phi) is 5.32. The van der Waals surface area contributed by atoms with Crippen molar-refractivity contribution in [3.63, 3.8) is 0 Å². The highest BCUT2D eigenvalue weighted by molar-refractivity contribution is 7.09. The van der Waals surface area contributed by atoms with Crippen LogP contribution in [0.1, 0.15) is 17.4 Å². The highest BCUT2D eigenvalue weighted by Crippen LogP contribution is 2.17. The number of aromatic nitrogens is 1. The molecule has 0 fully saturated rings. The standard InChI is InChI=1S/C18H22N4S/c1-2-19-18(22-13-15-6-5-11-23-15)20-10-9-14-12-21-17-8-4-3-7-16(14)17/h3-8,11-12,21H,2,9-10,13H2,1H3,(H2,19,20,22). The summed E-state index contributed by atoms with van der Waals surface area (Å²) in [6, 6.07) is 12.6. The van der Waals surface area contributed by atoms with Crippen LogP contribution in [0.2, 0.25) is 0 Å². The Labute approximate surface area is 140 Å². The third-order valence-electron chi connectivity index (χ3n) is 3.68. The van der Waals surface area contributed by atoms with Crippen LogP contribution in [0, 0.1) is 0 Å². The average molecular weight is 326 g/mol. The molecule has 3 rings (SSSR count). The van der Waals surface area contributed by atoms with Crippen LogP contribution in [-0.4, -0.2) is 24.0 Å². The molecule has 5 heteroatoms. The summed E-state index contributed by atoms with van der Waals surface area (Å²) < 4.78 is 0. The van der Waals surface area contributed by atoms with Gasteiger partial charge in [0.25, 0.3) is 0 Å². The first-order chi connectivity index (χ1) is 11.4. The maximum atomic E-state index is 4.63. The Morgan fingerprint density at radius 1 is 1.17 bits per heavy atom. The number of benzene rings is 1. The quantitative estimate of drug-likeness (QED) is 0.479. The maximum Gasteiger partial charge on any atom is 0.191 e. The molecular weight excluding hydrogens is 304 g/mol. The van der Waals surface area contributed by atoms with Gasteiger partial charge in [0.1, 0.15) is 0 Å². The fourth-order valence-corrected chi connectivity index (χ4v) is 3.18. The number of guanidine groups is 1. The van der Waals surface area contributed by atoms with Gasteiger partial charge in [-0.05, 0) is 36.4 Å². The van der Waals surface area contributed by atoms with Crippen molar-refractivity contribution in [2.75, 3.05) is 13.1 Å². The zero-order chi connectivity index (χ0) is 15.9. The number of hydrogen-bond acceptors (Lipinski definition) is 2. The van der Waals surface area contributed by atoms with Crippen molar-refractivity contribution in [3.8, 4) is 0 Å². The van der Waals surface area contributed by atoms with Crippen molar-refractivity contribution < 1.29 is 0 Å². The molecule has 0 radical (unpaired) electrons. The molecule has 0 spiro atoms. The highest BCUT2D eigenvalue weighted by atomic mass is 32.1.